The molecule has 1 aliphatic heterocycles. The van der Waals surface area contributed by atoms with Gasteiger partial charge in [-0.3, -0.25) is 0 Å². The van der Waals surface area contributed by atoms with Gasteiger partial charge in [0.25, 0.3) is 0 Å². The van der Waals surface area contributed by atoms with Crippen molar-refractivity contribution < 1.29 is 40.6 Å². The largest absolute Gasteiger partial charge is 0.411 e. The Kier molecular flexibility index (Phi) is 4.84. The zero-order chi connectivity index (χ0) is 13.9. The number of ether oxygens (including phenoxy) is 3. The first kappa shape index (κ1) is 15.5. The third-order valence-electron chi connectivity index (χ3n) is 2.16. The molecule has 1 saturated heterocycles. The van der Waals surface area contributed by atoms with Gasteiger partial charge in [0, 0.05) is 0 Å². The van der Waals surface area contributed by atoms with E-state index in [1.807, 2.05) is 0 Å². The van der Waals surface area contributed by atoms with Gasteiger partial charge in [-0.05, 0) is 0 Å². The zero-order valence-electron chi connectivity index (χ0n) is 9.24. The molecule has 1 aliphatic rings. The fourth-order valence-corrected chi connectivity index (χ4v) is 1.37. The molecule has 0 aromatic rings. The van der Waals surface area contributed by atoms with Crippen molar-refractivity contribution in [2.24, 2.45) is 5.41 Å². The lowest BCUT2D eigenvalue weighted by Crippen LogP contribution is -2.50. The van der Waals surface area contributed by atoms with Crippen molar-refractivity contribution in [3.05, 3.63) is 0 Å². The summed E-state index contributed by atoms with van der Waals surface area (Å²) in [7, 11) is 0. The molecule has 0 N–H and O–H groups in total. The van der Waals surface area contributed by atoms with Gasteiger partial charge in [0.1, 0.15) is 13.2 Å². The van der Waals surface area contributed by atoms with Crippen LogP contribution < -0.4 is 0 Å². The summed E-state index contributed by atoms with van der Waals surface area (Å²) in [6, 6.07) is 0. The number of alkyl halides is 6. The van der Waals surface area contributed by atoms with Gasteiger partial charge in [0.15, 0.2) is 0 Å². The molecule has 0 aliphatic carbocycles. The van der Waals surface area contributed by atoms with E-state index in [0.29, 0.717) is 0 Å². The summed E-state index contributed by atoms with van der Waals surface area (Å²) in [4.78, 5) is 0. The highest BCUT2D eigenvalue weighted by Crippen LogP contribution is 2.30. The normalized spacial score (nSPS) is 19.7. The van der Waals surface area contributed by atoms with Crippen LogP contribution in [0.4, 0.5) is 26.3 Å². The van der Waals surface area contributed by atoms with Crippen LogP contribution in [0, 0.1) is 5.41 Å². The average molecular weight is 282 g/mol. The van der Waals surface area contributed by atoms with Gasteiger partial charge in [-0.15, -0.1) is 0 Å². The Morgan fingerprint density at radius 2 is 1.22 bits per heavy atom. The smallest absolute Gasteiger partial charge is 0.380 e. The van der Waals surface area contributed by atoms with E-state index in [0.717, 1.165) is 0 Å². The number of rotatable bonds is 6. The van der Waals surface area contributed by atoms with E-state index >= 15 is 0 Å². The molecule has 1 heterocycles. The SMILES string of the molecule is FC(F)(F)COCC1(COCC(F)(F)F)COC1. The minimum Gasteiger partial charge on any atom is -0.380 e. The Bertz CT molecular complexity index is 236. The van der Waals surface area contributed by atoms with Crippen LogP contribution >= 0.6 is 0 Å². The number of hydrogen-bond acceptors (Lipinski definition) is 3. The average Bonchev–Trinajstić information content (AvgIpc) is 2.08. The first-order valence-electron chi connectivity index (χ1n) is 4.99. The molecule has 0 radical (unpaired) electrons. The lowest BCUT2D eigenvalue weighted by Gasteiger charge is -2.40. The highest BCUT2D eigenvalue weighted by Gasteiger charge is 2.41. The van der Waals surface area contributed by atoms with Crippen LogP contribution in [-0.4, -0.2) is 52.0 Å². The van der Waals surface area contributed by atoms with E-state index in [1.165, 1.54) is 0 Å². The van der Waals surface area contributed by atoms with Crippen LogP contribution in [0.15, 0.2) is 0 Å². The predicted octanol–water partition coefficient (Wildman–Crippen LogP) is 2.16. The second kappa shape index (κ2) is 5.62. The van der Waals surface area contributed by atoms with Crippen molar-refractivity contribution in [3.8, 4) is 0 Å². The van der Waals surface area contributed by atoms with Gasteiger partial charge in [0.2, 0.25) is 0 Å². The van der Waals surface area contributed by atoms with Crippen molar-refractivity contribution in [2.45, 2.75) is 12.4 Å². The zero-order valence-corrected chi connectivity index (χ0v) is 9.24. The number of hydrogen-bond donors (Lipinski definition) is 0. The predicted molar refractivity (Wildman–Crippen MR) is 47.0 cm³/mol. The Morgan fingerprint density at radius 3 is 1.44 bits per heavy atom. The molecule has 0 bridgehead atoms. The van der Waals surface area contributed by atoms with E-state index in [2.05, 4.69) is 9.47 Å². The molecule has 0 aromatic carbocycles. The maximum absolute atomic E-state index is 11.8. The van der Waals surface area contributed by atoms with Crippen LogP contribution in [0.2, 0.25) is 0 Å². The summed E-state index contributed by atoms with van der Waals surface area (Å²) < 4.78 is 84.6. The summed E-state index contributed by atoms with van der Waals surface area (Å²) in [6.45, 7) is -3.50. The summed E-state index contributed by atoms with van der Waals surface area (Å²) in [6.07, 6.45) is -8.92. The van der Waals surface area contributed by atoms with Gasteiger partial charge >= 0.3 is 12.4 Å². The van der Waals surface area contributed by atoms with Gasteiger partial charge in [-0.2, -0.15) is 26.3 Å². The Morgan fingerprint density at radius 1 is 0.833 bits per heavy atom. The minimum absolute atomic E-state index is 0.0305. The summed E-state index contributed by atoms with van der Waals surface area (Å²) in [5.41, 5.74) is -0.906. The molecule has 3 nitrogen and oxygen atoms in total. The third kappa shape index (κ3) is 5.87. The van der Waals surface area contributed by atoms with Crippen LogP contribution in [-0.2, 0) is 14.2 Å². The van der Waals surface area contributed by atoms with Crippen LogP contribution in [0.5, 0.6) is 0 Å². The van der Waals surface area contributed by atoms with Crippen molar-refractivity contribution >= 4 is 0 Å². The van der Waals surface area contributed by atoms with Gasteiger partial charge in [-0.25, -0.2) is 0 Å². The molecule has 0 aromatic heterocycles. The molecule has 0 saturated carbocycles. The fourth-order valence-electron chi connectivity index (χ4n) is 1.37. The second-order valence-electron chi connectivity index (χ2n) is 4.21. The Labute approximate surface area is 99.0 Å². The van der Waals surface area contributed by atoms with E-state index < -0.39 is 31.0 Å². The maximum Gasteiger partial charge on any atom is 0.411 e. The Hall–Kier alpha value is -0.540. The monoisotopic (exact) mass is 282 g/mol. The molecular weight excluding hydrogens is 270 g/mol. The van der Waals surface area contributed by atoms with Crippen LogP contribution in [0.3, 0.4) is 0 Å². The van der Waals surface area contributed by atoms with Gasteiger partial charge in [0.05, 0.1) is 31.8 Å². The topological polar surface area (TPSA) is 27.7 Å². The lowest BCUT2D eigenvalue weighted by atomic mass is 9.88. The highest BCUT2D eigenvalue weighted by atomic mass is 19.4. The van der Waals surface area contributed by atoms with E-state index in [9.17, 15) is 26.3 Å². The van der Waals surface area contributed by atoms with Gasteiger partial charge < -0.3 is 14.2 Å². The fraction of sp³-hybridized carbons (Fsp3) is 1.00. The minimum atomic E-state index is -4.46. The quantitative estimate of drug-likeness (QED) is 0.699. The molecule has 0 amide bonds. The lowest BCUT2D eigenvalue weighted by molar-refractivity contribution is -0.230. The van der Waals surface area contributed by atoms with E-state index in [4.69, 9.17) is 4.74 Å². The van der Waals surface area contributed by atoms with Gasteiger partial charge in [-0.1, -0.05) is 0 Å². The molecule has 9 heteroatoms. The molecule has 0 unspecified atom stereocenters. The van der Waals surface area contributed by atoms with Crippen molar-refractivity contribution in [1.82, 2.24) is 0 Å². The summed E-state index contributed by atoms with van der Waals surface area (Å²) >= 11 is 0. The van der Waals surface area contributed by atoms with Crippen LogP contribution in [0.25, 0.3) is 0 Å². The molecule has 1 rings (SSSR count). The Balaban J connectivity index is 2.26. The summed E-state index contributed by atoms with van der Waals surface area (Å²) in [5, 5.41) is 0. The standard InChI is InChI=1S/C9H12F6O3/c10-8(11,12)5-17-3-7(1-16-2-7)4-18-6-9(13,14)15/h1-6H2. The molecule has 0 atom stereocenters. The molecule has 0 spiro atoms. The molecule has 108 valence electrons. The molecule has 1 fully saturated rings. The third-order valence-corrected chi connectivity index (χ3v) is 2.16. The molecule has 18 heavy (non-hydrogen) atoms. The highest BCUT2D eigenvalue weighted by molar-refractivity contribution is 4.85. The number of halogens is 6. The van der Waals surface area contributed by atoms with Crippen molar-refractivity contribution in [2.75, 3.05) is 39.6 Å². The van der Waals surface area contributed by atoms with E-state index in [-0.39, 0.29) is 26.4 Å². The molecular formula is C9H12F6O3. The summed E-state index contributed by atoms with van der Waals surface area (Å²) in [5.74, 6) is 0. The van der Waals surface area contributed by atoms with E-state index in [1.54, 1.807) is 0 Å². The first-order chi connectivity index (χ1) is 8.12. The van der Waals surface area contributed by atoms with Crippen molar-refractivity contribution in [1.29, 1.82) is 0 Å². The second-order valence-corrected chi connectivity index (χ2v) is 4.21. The maximum atomic E-state index is 11.8. The first-order valence-corrected chi connectivity index (χ1v) is 4.99. The van der Waals surface area contributed by atoms with Crippen molar-refractivity contribution in [3.63, 3.8) is 0 Å². The van der Waals surface area contributed by atoms with Crippen LogP contribution in [0.1, 0.15) is 0 Å².